The van der Waals surface area contributed by atoms with Crippen LogP contribution >= 0.6 is 15.9 Å². The molecule has 76 valence electrons. The van der Waals surface area contributed by atoms with Gasteiger partial charge in [0.15, 0.2) is 0 Å². The lowest BCUT2D eigenvalue weighted by molar-refractivity contribution is -0.127. The van der Waals surface area contributed by atoms with Gasteiger partial charge in [0, 0.05) is 6.54 Å². The summed E-state index contributed by atoms with van der Waals surface area (Å²) >= 11 is 3.34. The van der Waals surface area contributed by atoms with E-state index in [0.717, 1.165) is 24.5 Å². The number of hydrogen-bond acceptors (Lipinski definition) is 2. The lowest BCUT2D eigenvalue weighted by Gasteiger charge is -2.13. The molecule has 4 heteroatoms. The minimum atomic E-state index is -0.00133. The van der Waals surface area contributed by atoms with Gasteiger partial charge in [-0.05, 0) is 25.5 Å². The number of nitrogens with zero attached hydrogens (tertiary/aromatic N) is 1. The zero-order chi connectivity index (χ0) is 10.1. The fourth-order valence-electron chi connectivity index (χ4n) is 1.62. The standard InChI is InChI=1S/C10H12BrNO2/c1-7-2-3-8(14-7)6-12-5-4-9(11)10(12)13/h2-3,9H,4-6H2,1H3. The number of carbonyl (C=O) groups is 1. The number of alkyl halides is 1. The van der Waals surface area contributed by atoms with Gasteiger partial charge in [0.2, 0.25) is 5.91 Å². The summed E-state index contributed by atoms with van der Waals surface area (Å²) < 4.78 is 5.42. The maximum atomic E-state index is 11.6. The van der Waals surface area contributed by atoms with Gasteiger partial charge in [-0.2, -0.15) is 0 Å². The summed E-state index contributed by atoms with van der Waals surface area (Å²) in [5.74, 6) is 1.92. The number of likely N-dealkylation sites (tertiary alicyclic amines) is 1. The van der Waals surface area contributed by atoms with Crippen LogP contribution < -0.4 is 0 Å². The largest absolute Gasteiger partial charge is 0.464 e. The first-order chi connectivity index (χ1) is 6.66. The Bertz CT molecular complexity index is 348. The van der Waals surface area contributed by atoms with Crippen molar-refractivity contribution in [2.75, 3.05) is 6.54 Å². The Morgan fingerprint density at radius 3 is 2.93 bits per heavy atom. The predicted molar refractivity (Wildman–Crippen MR) is 56.2 cm³/mol. The van der Waals surface area contributed by atoms with E-state index in [4.69, 9.17) is 4.42 Å². The average molecular weight is 258 g/mol. The van der Waals surface area contributed by atoms with Crippen molar-refractivity contribution in [2.24, 2.45) is 0 Å². The van der Waals surface area contributed by atoms with E-state index < -0.39 is 0 Å². The number of aryl methyl sites for hydroxylation is 1. The summed E-state index contributed by atoms with van der Waals surface area (Å²) in [6.07, 6.45) is 0.887. The van der Waals surface area contributed by atoms with Crippen molar-refractivity contribution in [2.45, 2.75) is 24.7 Å². The number of hydrogen-bond donors (Lipinski definition) is 0. The van der Waals surface area contributed by atoms with Gasteiger partial charge in [-0.1, -0.05) is 15.9 Å². The third kappa shape index (κ3) is 1.85. The van der Waals surface area contributed by atoms with Gasteiger partial charge in [-0.25, -0.2) is 0 Å². The molecule has 0 aliphatic carbocycles. The number of furan rings is 1. The molecule has 3 nitrogen and oxygen atoms in total. The van der Waals surface area contributed by atoms with Gasteiger partial charge in [0.1, 0.15) is 11.5 Å². The zero-order valence-electron chi connectivity index (χ0n) is 8.00. The molecule has 0 spiro atoms. The monoisotopic (exact) mass is 257 g/mol. The van der Waals surface area contributed by atoms with Crippen LogP contribution in [0.5, 0.6) is 0 Å². The summed E-state index contributed by atoms with van der Waals surface area (Å²) in [6, 6.07) is 3.84. The predicted octanol–water partition coefficient (Wildman–Crippen LogP) is 2.08. The fourth-order valence-corrected chi connectivity index (χ4v) is 2.11. The third-order valence-corrected chi connectivity index (χ3v) is 3.22. The normalized spacial score (nSPS) is 22.0. The Kier molecular flexibility index (Phi) is 2.63. The second-order valence-corrected chi connectivity index (χ2v) is 4.63. The molecule has 0 radical (unpaired) electrons. The Hall–Kier alpha value is -0.770. The van der Waals surface area contributed by atoms with E-state index in [1.54, 1.807) is 0 Å². The first-order valence-electron chi connectivity index (χ1n) is 4.65. The molecule has 0 aromatic carbocycles. The van der Waals surface area contributed by atoms with Gasteiger partial charge in [-0.3, -0.25) is 4.79 Å². The first kappa shape index (κ1) is 9.77. The summed E-state index contributed by atoms with van der Waals surface area (Å²) in [5.41, 5.74) is 0. The molecule has 0 saturated carbocycles. The Morgan fingerprint density at radius 1 is 1.64 bits per heavy atom. The van der Waals surface area contributed by atoms with Crippen molar-refractivity contribution in [1.82, 2.24) is 4.90 Å². The third-order valence-electron chi connectivity index (χ3n) is 2.37. The Morgan fingerprint density at radius 2 is 2.43 bits per heavy atom. The molecule has 1 saturated heterocycles. The second-order valence-electron chi connectivity index (χ2n) is 3.53. The van der Waals surface area contributed by atoms with Crippen molar-refractivity contribution >= 4 is 21.8 Å². The van der Waals surface area contributed by atoms with Crippen LogP contribution in [0, 0.1) is 6.92 Å². The average Bonchev–Trinajstić information content (AvgIpc) is 2.67. The lowest BCUT2D eigenvalue weighted by atomic mass is 10.4. The van der Waals surface area contributed by atoms with Crippen LogP contribution in [-0.4, -0.2) is 22.2 Å². The summed E-state index contributed by atoms with van der Waals surface area (Å²) in [5, 5.41) is 0. The molecule has 1 aromatic rings. The van der Waals surface area contributed by atoms with Gasteiger partial charge >= 0.3 is 0 Å². The van der Waals surface area contributed by atoms with Crippen LogP contribution in [0.25, 0.3) is 0 Å². The molecule has 1 amide bonds. The first-order valence-corrected chi connectivity index (χ1v) is 5.56. The summed E-state index contributed by atoms with van der Waals surface area (Å²) in [4.78, 5) is 13.4. The molecular weight excluding hydrogens is 246 g/mol. The van der Waals surface area contributed by atoms with Crippen LogP contribution in [0.1, 0.15) is 17.9 Å². The van der Waals surface area contributed by atoms with Crippen LogP contribution in [0.2, 0.25) is 0 Å². The van der Waals surface area contributed by atoms with E-state index >= 15 is 0 Å². The van der Waals surface area contributed by atoms with Crippen molar-refractivity contribution in [3.8, 4) is 0 Å². The molecule has 2 heterocycles. The highest BCUT2D eigenvalue weighted by atomic mass is 79.9. The van der Waals surface area contributed by atoms with Gasteiger partial charge < -0.3 is 9.32 Å². The maximum Gasteiger partial charge on any atom is 0.236 e. The van der Waals surface area contributed by atoms with E-state index in [1.807, 2.05) is 24.0 Å². The van der Waals surface area contributed by atoms with E-state index in [1.165, 1.54) is 0 Å². The number of amides is 1. The minimum absolute atomic E-state index is 0.00133. The molecule has 1 fully saturated rings. The molecule has 1 unspecified atom stereocenters. The van der Waals surface area contributed by atoms with Crippen molar-refractivity contribution in [3.63, 3.8) is 0 Å². The number of rotatable bonds is 2. The van der Waals surface area contributed by atoms with E-state index in [-0.39, 0.29) is 10.7 Å². The quantitative estimate of drug-likeness (QED) is 0.761. The fraction of sp³-hybridized carbons (Fsp3) is 0.500. The van der Waals surface area contributed by atoms with Gasteiger partial charge in [0.05, 0.1) is 11.4 Å². The minimum Gasteiger partial charge on any atom is -0.464 e. The number of halogens is 1. The SMILES string of the molecule is Cc1ccc(CN2CCC(Br)C2=O)o1. The van der Waals surface area contributed by atoms with Crippen molar-refractivity contribution < 1.29 is 9.21 Å². The molecule has 1 aliphatic rings. The van der Waals surface area contributed by atoms with Crippen molar-refractivity contribution in [1.29, 1.82) is 0 Å². The topological polar surface area (TPSA) is 33.5 Å². The molecule has 2 rings (SSSR count). The van der Waals surface area contributed by atoms with E-state index in [0.29, 0.717) is 6.54 Å². The second kappa shape index (κ2) is 3.77. The molecular formula is C10H12BrNO2. The summed E-state index contributed by atoms with van der Waals surface area (Å²) in [7, 11) is 0. The molecule has 0 N–H and O–H groups in total. The smallest absolute Gasteiger partial charge is 0.236 e. The maximum absolute atomic E-state index is 11.6. The summed E-state index contributed by atoms with van der Waals surface area (Å²) in [6.45, 7) is 3.31. The highest BCUT2D eigenvalue weighted by molar-refractivity contribution is 9.10. The lowest BCUT2D eigenvalue weighted by Crippen LogP contribution is -2.26. The Balaban J connectivity index is 2.02. The molecule has 14 heavy (non-hydrogen) atoms. The number of carbonyl (C=O) groups excluding carboxylic acids is 1. The molecule has 0 bridgehead atoms. The van der Waals surface area contributed by atoms with Crippen LogP contribution in [0.4, 0.5) is 0 Å². The highest BCUT2D eigenvalue weighted by Gasteiger charge is 2.29. The molecule has 1 aromatic heterocycles. The van der Waals surface area contributed by atoms with Crippen LogP contribution in [0.3, 0.4) is 0 Å². The van der Waals surface area contributed by atoms with Crippen LogP contribution in [0.15, 0.2) is 16.5 Å². The molecule has 1 atom stereocenters. The molecule has 1 aliphatic heterocycles. The van der Waals surface area contributed by atoms with E-state index in [9.17, 15) is 4.79 Å². The van der Waals surface area contributed by atoms with Gasteiger partial charge in [0.25, 0.3) is 0 Å². The Labute approximate surface area is 91.2 Å². The zero-order valence-corrected chi connectivity index (χ0v) is 9.58. The highest BCUT2D eigenvalue weighted by Crippen LogP contribution is 2.21. The van der Waals surface area contributed by atoms with Crippen molar-refractivity contribution in [3.05, 3.63) is 23.7 Å². The van der Waals surface area contributed by atoms with Crippen LogP contribution in [-0.2, 0) is 11.3 Å². The van der Waals surface area contributed by atoms with Gasteiger partial charge in [-0.15, -0.1) is 0 Å². The van der Waals surface area contributed by atoms with E-state index in [2.05, 4.69) is 15.9 Å².